The van der Waals surface area contributed by atoms with Crippen molar-refractivity contribution in [1.29, 1.82) is 0 Å². The Kier molecular flexibility index (Phi) is 8.80. The fraction of sp³-hybridized carbons (Fsp3) is 0.269. The van der Waals surface area contributed by atoms with Crippen LogP contribution in [0.5, 0.6) is 17.2 Å². The molecule has 0 saturated carbocycles. The van der Waals surface area contributed by atoms with Gasteiger partial charge in [0.25, 0.3) is 5.91 Å². The Morgan fingerprint density at radius 2 is 1.35 bits per heavy atom. The molecule has 3 rings (SSSR count). The first-order valence-corrected chi connectivity index (χ1v) is 10.7. The summed E-state index contributed by atoms with van der Waals surface area (Å²) in [5.74, 6) is 1.74. The lowest BCUT2D eigenvalue weighted by atomic mass is 10.1. The zero-order chi connectivity index (χ0) is 21.7. The van der Waals surface area contributed by atoms with Gasteiger partial charge < -0.3 is 19.5 Å². The number of unbranched alkanes of at least 4 members (excludes halogenated alkanes) is 2. The third kappa shape index (κ3) is 7.07. The van der Waals surface area contributed by atoms with Crippen molar-refractivity contribution < 1.29 is 19.0 Å². The lowest BCUT2D eigenvalue weighted by molar-refractivity contribution is 0.102. The van der Waals surface area contributed by atoms with Gasteiger partial charge in [0.1, 0.15) is 30.5 Å². The topological polar surface area (TPSA) is 56.8 Å². The largest absolute Gasteiger partial charge is 0.493 e. The van der Waals surface area contributed by atoms with Crippen molar-refractivity contribution in [2.45, 2.75) is 26.2 Å². The van der Waals surface area contributed by atoms with Crippen LogP contribution in [0.15, 0.2) is 78.9 Å². The van der Waals surface area contributed by atoms with Crippen LogP contribution in [-0.4, -0.2) is 25.7 Å². The van der Waals surface area contributed by atoms with Gasteiger partial charge in [0.2, 0.25) is 0 Å². The number of hydrogen-bond acceptors (Lipinski definition) is 4. The second-order valence-corrected chi connectivity index (χ2v) is 7.01. The second kappa shape index (κ2) is 12.3. The van der Waals surface area contributed by atoms with Crippen LogP contribution in [0, 0.1) is 0 Å². The molecule has 5 heteroatoms. The minimum Gasteiger partial charge on any atom is -0.493 e. The highest BCUT2D eigenvalue weighted by Gasteiger charge is 2.14. The number of ether oxygens (including phenoxy) is 3. The molecular weight excluding hydrogens is 390 g/mol. The molecule has 0 aliphatic rings. The van der Waals surface area contributed by atoms with Crippen LogP contribution in [0.2, 0.25) is 0 Å². The highest BCUT2D eigenvalue weighted by atomic mass is 16.5. The van der Waals surface area contributed by atoms with Gasteiger partial charge in [-0.2, -0.15) is 0 Å². The monoisotopic (exact) mass is 419 g/mol. The highest BCUT2D eigenvalue weighted by molar-refractivity contribution is 6.06. The smallest absolute Gasteiger partial charge is 0.259 e. The Balaban J connectivity index is 1.58. The number of benzene rings is 3. The molecule has 1 N–H and O–H groups in total. The molecule has 0 atom stereocenters. The van der Waals surface area contributed by atoms with Crippen LogP contribution in [0.4, 0.5) is 5.69 Å². The molecule has 0 spiro atoms. The van der Waals surface area contributed by atoms with Crippen LogP contribution in [0.25, 0.3) is 0 Å². The summed E-state index contributed by atoms with van der Waals surface area (Å²) in [6.07, 6.45) is 3.19. The van der Waals surface area contributed by atoms with Crippen LogP contribution in [-0.2, 0) is 0 Å². The highest BCUT2D eigenvalue weighted by Crippen LogP contribution is 2.26. The Labute approximate surface area is 184 Å². The first-order valence-electron chi connectivity index (χ1n) is 10.7. The molecule has 0 aliphatic heterocycles. The van der Waals surface area contributed by atoms with Gasteiger partial charge in [0, 0.05) is 0 Å². The lowest BCUT2D eigenvalue weighted by Gasteiger charge is -2.15. The molecule has 5 nitrogen and oxygen atoms in total. The van der Waals surface area contributed by atoms with Gasteiger partial charge in [-0.05, 0) is 42.8 Å². The minimum atomic E-state index is -0.234. The number of amides is 1. The summed E-state index contributed by atoms with van der Waals surface area (Å²) < 4.78 is 17.3. The van der Waals surface area contributed by atoms with Gasteiger partial charge in [0.05, 0.1) is 17.9 Å². The molecule has 0 aliphatic carbocycles. The molecule has 0 aromatic heterocycles. The first-order chi connectivity index (χ1) is 15.3. The van der Waals surface area contributed by atoms with E-state index in [0.29, 0.717) is 42.6 Å². The van der Waals surface area contributed by atoms with Crippen molar-refractivity contribution in [3.05, 3.63) is 84.4 Å². The van der Waals surface area contributed by atoms with Gasteiger partial charge in [0.15, 0.2) is 0 Å². The quantitative estimate of drug-likeness (QED) is 0.368. The van der Waals surface area contributed by atoms with E-state index in [1.807, 2.05) is 72.8 Å². The van der Waals surface area contributed by atoms with Crippen LogP contribution < -0.4 is 19.5 Å². The average molecular weight is 420 g/mol. The summed E-state index contributed by atoms with van der Waals surface area (Å²) in [7, 11) is 0. The van der Waals surface area contributed by atoms with E-state index in [0.717, 1.165) is 25.0 Å². The Bertz CT molecular complexity index is 943. The maximum absolute atomic E-state index is 12.9. The number of para-hydroxylation sites is 4. The van der Waals surface area contributed by atoms with E-state index in [2.05, 4.69) is 12.2 Å². The molecule has 3 aromatic rings. The van der Waals surface area contributed by atoms with Gasteiger partial charge in [-0.15, -0.1) is 0 Å². The second-order valence-electron chi connectivity index (χ2n) is 7.01. The normalized spacial score (nSPS) is 10.4. The van der Waals surface area contributed by atoms with Crippen LogP contribution in [0.1, 0.15) is 36.5 Å². The maximum atomic E-state index is 12.9. The summed E-state index contributed by atoms with van der Waals surface area (Å²) in [6, 6.07) is 24.2. The lowest BCUT2D eigenvalue weighted by Crippen LogP contribution is -2.15. The molecular formula is C26H29NO4. The van der Waals surface area contributed by atoms with Gasteiger partial charge in [-0.1, -0.05) is 62.2 Å². The summed E-state index contributed by atoms with van der Waals surface area (Å²) in [5.41, 5.74) is 1.11. The standard InChI is InChI=1S/C26H29NO4/c1-2-3-11-18-30-24-16-9-7-14-22(24)26(28)27-23-15-8-10-17-25(23)31-20-19-29-21-12-5-4-6-13-21/h4-10,12-17H,2-3,11,18-20H2,1H3,(H,27,28). The molecule has 31 heavy (non-hydrogen) atoms. The van der Waals surface area contributed by atoms with Gasteiger partial charge >= 0.3 is 0 Å². The fourth-order valence-corrected chi connectivity index (χ4v) is 3.03. The number of rotatable bonds is 12. The Hall–Kier alpha value is -3.47. The number of anilines is 1. The molecule has 1 amide bonds. The molecule has 0 saturated heterocycles. The Morgan fingerprint density at radius 3 is 2.16 bits per heavy atom. The Morgan fingerprint density at radius 1 is 0.710 bits per heavy atom. The molecule has 0 heterocycles. The summed E-state index contributed by atoms with van der Waals surface area (Å²) in [4.78, 5) is 12.9. The van der Waals surface area contributed by atoms with Crippen molar-refractivity contribution in [1.82, 2.24) is 0 Å². The van der Waals surface area contributed by atoms with Gasteiger partial charge in [-0.25, -0.2) is 0 Å². The van der Waals surface area contributed by atoms with Gasteiger partial charge in [-0.3, -0.25) is 4.79 Å². The van der Waals surface area contributed by atoms with Crippen LogP contribution in [0.3, 0.4) is 0 Å². The number of carbonyl (C=O) groups is 1. The first kappa shape index (κ1) is 22.2. The number of hydrogen-bond donors (Lipinski definition) is 1. The SMILES string of the molecule is CCCCCOc1ccccc1C(=O)Nc1ccccc1OCCOc1ccccc1. The van der Waals surface area contributed by atoms with E-state index in [-0.39, 0.29) is 5.91 Å². The molecule has 0 unspecified atom stereocenters. The van der Waals surface area contributed by atoms with Crippen LogP contribution >= 0.6 is 0 Å². The van der Waals surface area contributed by atoms with E-state index in [9.17, 15) is 4.79 Å². The zero-order valence-corrected chi connectivity index (χ0v) is 17.9. The third-order valence-corrected chi connectivity index (χ3v) is 4.63. The molecule has 3 aromatic carbocycles. The van der Waals surface area contributed by atoms with Crippen molar-refractivity contribution >= 4 is 11.6 Å². The van der Waals surface area contributed by atoms with Crippen molar-refractivity contribution in [2.75, 3.05) is 25.1 Å². The van der Waals surface area contributed by atoms with E-state index >= 15 is 0 Å². The third-order valence-electron chi connectivity index (χ3n) is 4.63. The molecule has 0 bridgehead atoms. The molecule has 162 valence electrons. The van der Waals surface area contributed by atoms with E-state index < -0.39 is 0 Å². The number of nitrogens with one attached hydrogen (secondary N) is 1. The summed E-state index contributed by atoms with van der Waals surface area (Å²) in [6.45, 7) is 3.51. The average Bonchev–Trinajstić information content (AvgIpc) is 2.81. The maximum Gasteiger partial charge on any atom is 0.259 e. The van der Waals surface area contributed by atoms with Crippen molar-refractivity contribution in [2.24, 2.45) is 0 Å². The van der Waals surface area contributed by atoms with Crippen molar-refractivity contribution in [3.63, 3.8) is 0 Å². The zero-order valence-electron chi connectivity index (χ0n) is 17.9. The molecule has 0 radical (unpaired) electrons. The number of carbonyl (C=O) groups excluding carboxylic acids is 1. The van der Waals surface area contributed by atoms with E-state index in [1.54, 1.807) is 6.07 Å². The minimum absolute atomic E-state index is 0.234. The summed E-state index contributed by atoms with van der Waals surface area (Å²) >= 11 is 0. The van der Waals surface area contributed by atoms with E-state index in [4.69, 9.17) is 14.2 Å². The summed E-state index contributed by atoms with van der Waals surface area (Å²) in [5, 5.41) is 2.94. The fourth-order valence-electron chi connectivity index (χ4n) is 3.03. The molecule has 0 fully saturated rings. The van der Waals surface area contributed by atoms with E-state index in [1.165, 1.54) is 0 Å². The predicted molar refractivity (Wildman–Crippen MR) is 123 cm³/mol. The van der Waals surface area contributed by atoms with Crippen molar-refractivity contribution in [3.8, 4) is 17.2 Å². The predicted octanol–water partition coefficient (Wildman–Crippen LogP) is 5.97.